The molecule has 0 spiro atoms. The van der Waals surface area contributed by atoms with Crippen LogP contribution in [0.5, 0.6) is 5.75 Å². The van der Waals surface area contributed by atoms with Crippen molar-refractivity contribution in [2.75, 3.05) is 25.1 Å². The number of alkyl carbamates (subject to hydrolysis) is 1. The smallest absolute Gasteiger partial charge is 0.407 e. The predicted octanol–water partition coefficient (Wildman–Crippen LogP) is 5.23. The van der Waals surface area contributed by atoms with Crippen molar-refractivity contribution in [1.29, 1.82) is 5.26 Å². The molecule has 0 saturated carbocycles. The van der Waals surface area contributed by atoms with Crippen LogP contribution in [0.3, 0.4) is 0 Å². The number of methoxy groups -OCH3 is 1. The Balaban J connectivity index is 1.70. The van der Waals surface area contributed by atoms with Crippen molar-refractivity contribution in [1.82, 2.24) is 9.88 Å². The standard InChI is InChI=1S/C30H33FN4O4/c1-30(2,3)39-29(37)33-22-12-14-35(15-13-22)26-17-24(20-6-7-21(18-32)25(31)16-20)27(34(4)28(26)36)19-8-10-23(38-5)11-9-19/h6-11,16-17,22H,12-15H2,1-5H3,(H,33,37). The molecule has 3 aromatic rings. The third-order valence-corrected chi connectivity index (χ3v) is 6.72. The molecule has 1 aliphatic heterocycles. The van der Waals surface area contributed by atoms with Gasteiger partial charge in [-0.05, 0) is 87.2 Å². The van der Waals surface area contributed by atoms with Gasteiger partial charge in [0.1, 0.15) is 28.9 Å². The Labute approximate surface area is 227 Å². The number of benzene rings is 2. The zero-order chi connectivity index (χ0) is 28.3. The summed E-state index contributed by atoms with van der Waals surface area (Å²) in [6.07, 6.45) is 0.832. The van der Waals surface area contributed by atoms with Crippen LogP contribution in [0.2, 0.25) is 0 Å². The first-order valence-electron chi connectivity index (χ1n) is 12.8. The van der Waals surface area contributed by atoms with Gasteiger partial charge >= 0.3 is 6.09 Å². The van der Waals surface area contributed by atoms with Gasteiger partial charge in [0.2, 0.25) is 0 Å². The monoisotopic (exact) mass is 532 g/mol. The maximum atomic E-state index is 14.7. The summed E-state index contributed by atoms with van der Waals surface area (Å²) >= 11 is 0. The van der Waals surface area contributed by atoms with E-state index in [-0.39, 0.29) is 17.2 Å². The number of nitriles is 1. The molecule has 9 heteroatoms. The highest BCUT2D eigenvalue weighted by atomic mass is 19.1. The summed E-state index contributed by atoms with van der Waals surface area (Å²) in [7, 11) is 3.28. The zero-order valence-electron chi connectivity index (χ0n) is 22.9. The highest BCUT2D eigenvalue weighted by molar-refractivity contribution is 5.84. The minimum atomic E-state index is -0.625. The van der Waals surface area contributed by atoms with Gasteiger partial charge in [-0.25, -0.2) is 9.18 Å². The second kappa shape index (κ2) is 11.2. The highest BCUT2D eigenvalue weighted by Gasteiger charge is 2.26. The molecule has 8 nitrogen and oxygen atoms in total. The third-order valence-electron chi connectivity index (χ3n) is 6.72. The molecule has 2 heterocycles. The molecule has 0 unspecified atom stereocenters. The number of anilines is 1. The van der Waals surface area contributed by atoms with E-state index in [4.69, 9.17) is 9.47 Å². The molecule has 0 bridgehead atoms. The van der Waals surface area contributed by atoms with E-state index in [0.29, 0.717) is 54.2 Å². The maximum Gasteiger partial charge on any atom is 0.407 e. The highest BCUT2D eigenvalue weighted by Crippen LogP contribution is 2.35. The van der Waals surface area contributed by atoms with Crippen molar-refractivity contribution in [2.45, 2.75) is 45.3 Å². The van der Waals surface area contributed by atoms with Crippen molar-refractivity contribution in [3.8, 4) is 34.2 Å². The summed E-state index contributed by atoms with van der Waals surface area (Å²) in [5.74, 6) is 0.0503. The number of halogens is 1. The lowest BCUT2D eigenvalue weighted by Crippen LogP contribution is -2.47. The topological polar surface area (TPSA) is 96.6 Å². The number of hydrogen-bond acceptors (Lipinski definition) is 6. The molecule has 0 radical (unpaired) electrons. The maximum absolute atomic E-state index is 14.7. The SMILES string of the molecule is COc1ccc(-c2c(-c3ccc(C#N)c(F)c3)cc(N3CCC(NC(=O)OC(C)(C)C)CC3)c(=O)n2C)cc1. The van der Waals surface area contributed by atoms with Crippen LogP contribution in [-0.4, -0.2) is 42.5 Å². The molecule has 4 rings (SSSR count). The molecule has 39 heavy (non-hydrogen) atoms. The Morgan fingerprint density at radius 1 is 1.08 bits per heavy atom. The van der Waals surface area contributed by atoms with Crippen LogP contribution in [0.15, 0.2) is 53.3 Å². The number of amides is 1. The van der Waals surface area contributed by atoms with Crippen LogP contribution in [0.25, 0.3) is 22.4 Å². The number of carbonyl (C=O) groups is 1. The molecule has 0 atom stereocenters. The van der Waals surface area contributed by atoms with E-state index in [9.17, 15) is 19.2 Å². The summed E-state index contributed by atoms with van der Waals surface area (Å²) in [6, 6.07) is 15.4. The number of carbonyl (C=O) groups excluding carboxylic acids is 1. The second-order valence-electron chi connectivity index (χ2n) is 10.6. The van der Waals surface area contributed by atoms with Crippen molar-refractivity contribution < 1.29 is 18.7 Å². The Hall–Kier alpha value is -4.32. The summed E-state index contributed by atoms with van der Waals surface area (Å²) in [5, 5.41) is 12.1. The van der Waals surface area contributed by atoms with E-state index in [2.05, 4.69) is 5.32 Å². The number of piperidine rings is 1. The fourth-order valence-electron chi connectivity index (χ4n) is 4.78. The van der Waals surface area contributed by atoms with Gasteiger partial charge in [0, 0.05) is 31.7 Å². The van der Waals surface area contributed by atoms with Crippen LogP contribution in [-0.2, 0) is 11.8 Å². The molecular weight excluding hydrogens is 499 g/mol. The van der Waals surface area contributed by atoms with Crippen LogP contribution in [0.4, 0.5) is 14.9 Å². The Bertz CT molecular complexity index is 1460. The van der Waals surface area contributed by atoms with Crippen molar-refractivity contribution >= 4 is 11.8 Å². The first-order chi connectivity index (χ1) is 18.5. The number of hydrogen-bond donors (Lipinski definition) is 1. The van der Waals surface area contributed by atoms with Gasteiger partial charge in [0.05, 0.1) is 18.4 Å². The van der Waals surface area contributed by atoms with Crippen LogP contribution < -0.4 is 20.5 Å². The molecule has 1 N–H and O–H groups in total. The summed E-state index contributed by atoms with van der Waals surface area (Å²) in [4.78, 5) is 27.8. The molecule has 1 aliphatic rings. The molecule has 204 valence electrons. The Morgan fingerprint density at radius 3 is 2.28 bits per heavy atom. The first kappa shape index (κ1) is 27.7. The number of ether oxygens (including phenoxy) is 2. The van der Waals surface area contributed by atoms with Gasteiger partial charge < -0.3 is 24.3 Å². The third kappa shape index (κ3) is 6.23. The van der Waals surface area contributed by atoms with Crippen molar-refractivity contribution in [3.63, 3.8) is 0 Å². The minimum Gasteiger partial charge on any atom is -0.497 e. The number of aromatic nitrogens is 1. The average molecular weight is 533 g/mol. The fraction of sp³-hybridized carbons (Fsp3) is 0.367. The van der Waals surface area contributed by atoms with E-state index in [1.807, 2.05) is 43.9 Å². The van der Waals surface area contributed by atoms with Gasteiger partial charge in [0.25, 0.3) is 5.56 Å². The fourth-order valence-corrected chi connectivity index (χ4v) is 4.78. The van der Waals surface area contributed by atoms with Crippen molar-refractivity contribution in [3.05, 3.63) is 70.3 Å². The van der Waals surface area contributed by atoms with Crippen molar-refractivity contribution in [2.24, 2.45) is 7.05 Å². The van der Waals surface area contributed by atoms with Gasteiger partial charge in [-0.2, -0.15) is 5.26 Å². The van der Waals surface area contributed by atoms with Gasteiger partial charge in [-0.3, -0.25) is 4.79 Å². The molecule has 2 aromatic carbocycles. The predicted molar refractivity (Wildman–Crippen MR) is 148 cm³/mol. The quantitative estimate of drug-likeness (QED) is 0.483. The van der Waals surface area contributed by atoms with E-state index >= 15 is 0 Å². The van der Waals surface area contributed by atoms with E-state index in [1.165, 1.54) is 12.1 Å². The summed E-state index contributed by atoms with van der Waals surface area (Å²) in [6.45, 7) is 6.56. The Kier molecular flexibility index (Phi) is 7.95. The normalized spacial score (nSPS) is 14.0. The molecule has 0 aliphatic carbocycles. The van der Waals surface area contributed by atoms with Crippen LogP contribution >= 0.6 is 0 Å². The summed E-state index contributed by atoms with van der Waals surface area (Å²) < 4.78 is 26.9. The molecule has 1 aromatic heterocycles. The Morgan fingerprint density at radius 2 is 1.72 bits per heavy atom. The molecule has 1 fully saturated rings. The molecular formula is C30H33FN4O4. The van der Waals surface area contributed by atoms with E-state index in [1.54, 1.807) is 43.0 Å². The largest absolute Gasteiger partial charge is 0.497 e. The molecule has 1 saturated heterocycles. The van der Waals surface area contributed by atoms with Crippen LogP contribution in [0, 0.1) is 17.1 Å². The van der Waals surface area contributed by atoms with E-state index < -0.39 is 17.5 Å². The first-order valence-corrected chi connectivity index (χ1v) is 12.8. The van der Waals surface area contributed by atoms with E-state index in [0.717, 1.165) is 5.56 Å². The number of nitrogens with one attached hydrogen (secondary N) is 1. The number of nitrogens with zero attached hydrogens (tertiary/aromatic N) is 3. The zero-order valence-corrected chi connectivity index (χ0v) is 22.9. The second-order valence-corrected chi connectivity index (χ2v) is 10.6. The summed E-state index contributed by atoms with van der Waals surface area (Å²) in [5.41, 5.74) is 2.28. The van der Waals surface area contributed by atoms with Gasteiger partial charge in [-0.15, -0.1) is 0 Å². The lowest BCUT2D eigenvalue weighted by Gasteiger charge is -2.34. The van der Waals surface area contributed by atoms with Gasteiger partial charge in [0.15, 0.2) is 0 Å². The lowest BCUT2D eigenvalue weighted by molar-refractivity contribution is 0.0497. The average Bonchev–Trinajstić information content (AvgIpc) is 2.89. The number of pyridine rings is 1. The molecule has 1 amide bonds. The lowest BCUT2D eigenvalue weighted by atomic mass is 9.96. The number of rotatable bonds is 5. The minimum absolute atomic E-state index is 0.0469. The van der Waals surface area contributed by atoms with Crippen LogP contribution in [0.1, 0.15) is 39.2 Å². The van der Waals surface area contributed by atoms with Gasteiger partial charge in [-0.1, -0.05) is 6.07 Å².